The van der Waals surface area contributed by atoms with Gasteiger partial charge in [0, 0.05) is 32.0 Å². The van der Waals surface area contributed by atoms with Crippen LogP contribution in [0, 0.1) is 5.92 Å². The standard InChI is InChI=1S/C24H39N3O/c1-4-5-7-12-23(17-21-10-8-6-9-11-21)19-27(24(28)26-20(2)3)18-22-13-15-25-16-14-22/h6,8-11,17,20,22,25H,4-5,7,12-16,18-19H2,1-3H3,(H,26,28)/p+1/b23-17+. The minimum absolute atomic E-state index is 0.0824. The van der Waals surface area contributed by atoms with Gasteiger partial charge in [0.25, 0.3) is 0 Å². The molecule has 28 heavy (non-hydrogen) atoms. The molecule has 0 aromatic heterocycles. The summed E-state index contributed by atoms with van der Waals surface area (Å²) in [6.45, 7) is 10.3. The summed E-state index contributed by atoms with van der Waals surface area (Å²) in [4.78, 5) is 15.0. The number of quaternary nitrogens is 1. The van der Waals surface area contributed by atoms with E-state index in [9.17, 15) is 4.79 Å². The predicted octanol–water partition coefficient (Wildman–Crippen LogP) is 4.04. The number of nitrogens with two attached hydrogens (primary N) is 1. The summed E-state index contributed by atoms with van der Waals surface area (Å²) in [6.07, 6.45) is 9.41. The molecule has 2 amide bonds. The summed E-state index contributed by atoms with van der Waals surface area (Å²) < 4.78 is 0. The fourth-order valence-corrected chi connectivity index (χ4v) is 3.88. The van der Waals surface area contributed by atoms with E-state index >= 15 is 0 Å². The van der Waals surface area contributed by atoms with Crippen LogP contribution in [0.3, 0.4) is 0 Å². The summed E-state index contributed by atoms with van der Waals surface area (Å²) in [6, 6.07) is 10.8. The Balaban J connectivity index is 2.13. The SMILES string of the molecule is CCCCC/C(=C\c1ccccc1)CN(CC1CC[NH2+]CC1)C(=O)NC(C)C. The van der Waals surface area contributed by atoms with Gasteiger partial charge in [0.05, 0.1) is 13.1 Å². The van der Waals surface area contributed by atoms with E-state index in [2.05, 4.69) is 58.9 Å². The van der Waals surface area contributed by atoms with E-state index in [-0.39, 0.29) is 12.1 Å². The van der Waals surface area contributed by atoms with Crippen LogP contribution in [0.5, 0.6) is 0 Å². The lowest BCUT2D eigenvalue weighted by Gasteiger charge is -2.31. The molecule has 1 aliphatic heterocycles. The number of piperidine rings is 1. The molecule has 0 atom stereocenters. The Bertz CT molecular complexity index is 591. The number of urea groups is 1. The van der Waals surface area contributed by atoms with Gasteiger partial charge in [0.1, 0.15) is 0 Å². The molecule has 1 saturated heterocycles. The van der Waals surface area contributed by atoms with Crippen molar-refractivity contribution in [1.29, 1.82) is 0 Å². The van der Waals surface area contributed by atoms with Crippen molar-refractivity contribution in [2.24, 2.45) is 5.92 Å². The first kappa shape index (κ1) is 22.5. The van der Waals surface area contributed by atoms with Crippen molar-refractivity contribution in [3.63, 3.8) is 0 Å². The normalized spacial score (nSPS) is 15.6. The molecule has 0 aliphatic carbocycles. The van der Waals surface area contributed by atoms with Gasteiger partial charge in [-0.1, -0.05) is 61.7 Å². The van der Waals surface area contributed by atoms with E-state index in [0.29, 0.717) is 5.92 Å². The maximum absolute atomic E-state index is 12.9. The van der Waals surface area contributed by atoms with Gasteiger partial charge < -0.3 is 15.5 Å². The average Bonchev–Trinajstić information content (AvgIpc) is 2.68. The number of carbonyl (C=O) groups is 1. The third-order valence-corrected chi connectivity index (χ3v) is 5.40. The number of nitrogens with one attached hydrogen (secondary N) is 1. The van der Waals surface area contributed by atoms with Gasteiger partial charge in [-0.05, 0) is 38.2 Å². The number of unbranched alkanes of at least 4 members (excludes halogenated alkanes) is 2. The largest absolute Gasteiger partial charge is 0.346 e. The Morgan fingerprint density at radius 3 is 2.57 bits per heavy atom. The van der Waals surface area contributed by atoms with Crippen LogP contribution in [0.25, 0.3) is 6.08 Å². The fraction of sp³-hybridized carbons (Fsp3) is 0.625. The molecule has 4 nitrogen and oxygen atoms in total. The van der Waals surface area contributed by atoms with E-state index < -0.39 is 0 Å². The molecule has 1 aromatic rings. The third-order valence-electron chi connectivity index (χ3n) is 5.40. The highest BCUT2D eigenvalue weighted by atomic mass is 16.2. The van der Waals surface area contributed by atoms with Crippen LogP contribution >= 0.6 is 0 Å². The highest BCUT2D eigenvalue weighted by Gasteiger charge is 2.23. The first-order chi connectivity index (χ1) is 13.6. The average molecular weight is 387 g/mol. The summed E-state index contributed by atoms with van der Waals surface area (Å²) in [5, 5.41) is 5.51. The molecule has 0 saturated carbocycles. The molecule has 1 aromatic carbocycles. The third kappa shape index (κ3) is 8.47. The first-order valence-electron chi connectivity index (χ1n) is 11.2. The highest BCUT2D eigenvalue weighted by Crippen LogP contribution is 2.18. The lowest BCUT2D eigenvalue weighted by atomic mass is 9.97. The number of benzene rings is 1. The van der Waals surface area contributed by atoms with Crippen LogP contribution in [0.2, 0.25) is 0 Å². The van der Waals surface area contributed by atoms with Crippen molar-refractivity contribution in [2.75, 3.05) is 26.2 Å². The van der Waals surface area contributed by atoms with Gasteiger partial charge in [-0.25, -0.2) is 4.79 Å². The minimum atomic E-state index is 0.0824. The second-order valence-electron chi connectivity index (χ2n) is 8.46. The Morgan fingerprint density at radius 1 is 1.21 bits per heavy atom. The number of amides is 2. The van der Waals surface area contributed by atoms with Gasteiger partial charge in [0.2, 0.25) is 0 Å². The molecular formula is C24H40N3O+. The zero-order valence-corrected chi connectivity index (χ0v) is 18.1. The quantitative estimate of drug-likeness (QED) is 0.586. The predicted molar refractivity (Wildman–Crippen MR) is 118 cm³/mol. The smallest absolute Gasteiger partial charge is 0.317 e. The molecule has 0 spiro atoms. The fourth-order valence-electron chi connectivity index (χ4n) is 3.88. The first-order valence-corrected chi connectivity index (χ1v) is 11.2. The monoisotopic (exact) mass is 386 g/mol. The molecule has 2 rings (SSSR count). The topological polar surface area (TPSA) is 49.0 Å². The van der Waals surface area contributed by atoms with Crippen molar-refractivity contribution in [1.82, 2.24) is 10.2 Å². The van der Waals surface area contributed by atoms with Crippen molar-refractivity contribution in [2.45, 2.75) is 65.3 Å². The van der Waals surface area contributed by atoms with Crippen molar-refractivity contribution >= 4 is 12.1 Å². The Labute approximate surface area is 171 Å². The zero-order valence-electron chi connectivity index (χ0n) is 18.1. The molecule has 4 heteroatoms. The van der Waals surface area contributed by atoms with E-state index in [4.69, 9.17) is 0 Å². The number of rotatable bonds is 10. The molecule has 1 heterocycles. The van der Waals surface area contributed by atoms with Crippen LogP contribution in [-0.4, -0.2) is 43.2 Å². The molecular weight excluding hydrogens is 346 g/mol. The highest BCUT2D eigenvalue weighted by molar-refractivity contribution is 5.75. The van der Waals surface area contributed by atoms with E-state index in [0.717, 1.165) is 19.5 Å². The van der Waals surface area contributed by atoms with E-state index in [1.807, 2.05) is 13.8 Å². The van der Waals surface area contributed by atoms with E-state index in [1.54, 1.807) is 0 Å². The Morgan fingerprint density at radius 2 is 1.93 bits per heavy atom. The summed E-state index contributed by atoms with van der Waals surface area (Å²) in [5.74, 6) is 0.622. The van der Waals surface area contributed by atoms with Crippen LogP contribution in [0.4, 0.5) is 4.79 Å². The molecule has 1 fully saturated rings. The summed E-state index contributed by atoms with van der Waals surface area (Å²) >= 11 is 0. The molecule has 3 N–H and O–H groups in total. The second-order valence-corrected chi connectivity index (χ2v) is 8.46. The molecule has 0 radical (unpaired) electrons. The number of hydrogen-bond donors (Lipinski definition) is 2. The van der Waals surface area contributed by atoms with Gasteiger partial charge in [-0.2, -0.15) is 0 Å². The van der Waals surface area contributed by atoms with Crippen molar-refractivity contribution < 1.29 is 10.1 Å². The number of nitrogens with zero attached hydrogens (tertiary/aromatic N) is 1. The van der Waals surface area contributed by atoms with Crippen LogP contribution in [-0.2, 0) is 0 Å². The molecule has 0 unspecified atom stereocenters. The zero-order chi connectivity index (χ0) is 20.2. The maximum atomic E-state index is 12.9. The van der Waals surface area contributed by atoms with Gasteiger partial charge in [-0.15, -0.1) is 0 Å². The van der Waals surface area contributed by atoms with Crippen molar-refractivity contribution in [3.8, 4) is 0 Å². The van der Waals surface area contributed by atoms with Crippen LogP contribution in [0.15, 0.2) is 35.9 Å². The van der Waals surface area contributed by atoms with Crippen LogP contribution < -0.4 is 10.6 Å². The number of carbonyl (C=O) groups excluding carboxylic acids is 1. The van der Waals surface area contributed by atoms with Crippen molar-refractivity contribution in [3.05, 3.63) is 41.5 Å². The molecule has 1 aliphatic rings. The Hall–Kier alpha value is -1.81. The number of hydrogen-bond acceptors (Lipinski definition) is 1. The minimum Gasteiger partial charge on any atom is -0.346 e. The van der Waals surface area contributed by atoms with E-state index in [1.165, 1.54) is 56.3 Å². The van der Waals surface area contributed by atoms with Crippen LogP contribution in [0.1, 0.15) is 64.9 Å². The summed E-state index contributed by atoms with van der Waals surface area (Å²) in [7, 11) is 0. The lowest BCUT2D eigenvalue weighted by Crippen LogP contribution is -2.86. The molecule has 156 valence electrons. The van der Waals surface area contributed by atoms with Gasteiger partial charge >= 0.3 is 6.03 Å². The second kappa shape index (κ2) is 12.6. The summed E-state index contributed by atoms with van der Waals surface area (Å²) in [5.41, 5.74) is 2.59. The maximum Gasteiger partial charge on any atom is 0.317 e. The Kier molecular flexibility index (Phi) is 10.1. The molecule has 0 bridgehead atoms. The lowest BCUT2D eigenvalue weighted by molar-refractivity contribution is -0.664. The van der Waals surface area contributed by atoms with Gasteiger partial charge in [-0.3, -0.25) is 0 Å². The van der Waals surface area contributed by atoms with Gasteiger partial charge in [0.15, 0.2) is 0 Å².